The normalized spacial score (nSPS) is 32.8. The molecule has 1 unspecified atom stereocenters. The van der Waals surface area contributed by atoms with Gasteiger partial charge in [-0.05, 0) is 54.7 Å². The SMILES string of the molecule is CC(C)(C)c1ccc2c(c1)C1(OO)CC[C@H]3CCCC[C@@H]3C1=N2. The highest BCUT2D eigenvalue weighted by Gasteiger charge is 2.53. The molecule has 2 fully saturated rings. The first kappa shape index (κ1) is 15.3. The number of nitrogens with zero attached hydrogens (tertiary/aromatic N) is 1. The van der Waals surface area contributed by atoms with Crippen molar-refractivity contribution in [2.24, 2.45) is 16.8 Å². The van der Waals surface area contributed by atoms with E-state index in [0.29, 0.717) is 5.92 Å². The third kappa shape index (κ3) is 2.20. The lowest BCUT2D eigenvalue weighted by Gasteiger charge is -2.44. The lowest BCUT2D eigenvalue weighted by molar-refractivity contribution is -0.310. The second kappa shape index (κ2) is 5.15. The maximum Gasteiger partial charge on any atom is 0.168 e. The average Bonchev–Trinajstić information content (AvgIpc) is 2.88. The van der Waals surface area contributed by atoms with Crippen molar-refractivity contribution in [2.45, 2.75) is 70.3 Å². The number of hydrogen-bond donors (Lipinski definition) is 1. The molecule has 1 N–H and O–H groups in total. The highest BCUT2D eigenvalue weighted by Crippen LogP contribution is 2.54. The van der Waals surface area contributed by atoms with E-state index in [2.05, 4.69) is 39.0 Å². The summed E-state index contributed by atoms with van der Waals surface area (Å²) in [6, 6.07) is 6.49. The minimum atomic E-state index is -0.685. The van der Waals surface area contributed by atoms with Crippen LogP contribution in [0, 0.1) is 11.8 Å². The van der Waals surface area contributed by atoms with Crippen LogP contribution >= 0.6 is 0 Å². The molecule has 0 saturated heterocycles. The number of hydrogen-bond acceptors (Lipinski definition) is 3. The lowest BCUT2D eigenvalue weighted by atomic mass is 9.63. The molecule has 0 amide bonds. The van der Waals surface area contributed by atoms with Gasteiger partial charge in [-0.25, -0.2) is 4.89 Å². The molecule has 4 rings (SSSR count). The molecule has 0 radical (unpaired) electrons. The van der Waals surface area contributed by atoms with Gasteiger partial charge in [-0.2, -0.15) is 0 Å². The zero-order chi connectivity index (χ0) is 16.2. The topological polar surface area (TPSA) is 41.8 Å². The maximum atomic E-state index is 9.90. The van der Waals surface area contributed by atoms with Crippen LogP contribution in [-0.2, 0) is 15.9 Å². The number of rotatable bonds is 1. The van der Waals surface area contributed by atoms with E-state index in [0.717, 1.165) is 35.7 Å². The average molecular weight is 313 g/mol. The van der Waals surface area contributed by atoms with Crippen LogP contribution in [0.4, 0.5) is 5.69 Å². The van der Waals surface area contributed by atoms with Crippen molar-refractivity contribution in [3.05, 3.63) is 29.3 Å². The first-order valence-corrected chi connectivity index (χ1v) is 9.02. The van der Waals surface area contributed by atoms with Gasteiger partial charge in [0.1, 0.15) is 0 Å². The van der Waals surface area contributed by atoms with Crippen LogP contribution in [0.25, 0.3) is 0 Å². The van der Waals surface area contributed by atoms with Crippen LogP contribution in [0.3, 0.4) is 0 Å². The quantitative estimate of drug-likeness (QED) is 0.560. The Balaban J connectivity index is 1.81. The predicted octanol–water partition coefficient (Wildman–Crippen LogP) is 5.36. The van der Waals surface area contributed by atoms with Crippen molar-refractivity contribution in [3.63, 3.8) is 0 Å². The summed E-state index contributed by atoms with van der Waals surface area (Å²) < 4.78 is 0. The van der Waals surface area contributed by atoms with Gasteiger partial charge in [0.15, 0.2) is 5.60 Å². The van der Waals surface area contributed by atoms with E-state index >= 15 is 0 Å². The molecule has 124 valence electrons. The van der Waals surface area contributed by atoms with Crippen LogP contribution in [0.15, 0.2) is 23.2 Å². The summed E-state index contributed by atoms with van der Waals surface area (Å²) in [6.45, 7) is 6.65. The Morgan fingerprint density at radius 1 is 1.17 bits per heavy atom. The van der Waals surface area contributed by atoms with Crippen LogP contribution in [0.1, 0.15) is 70.4 Å². The van der Waals surface area contributed by atoms with Gasteiger partial charge in [-0.1, -0.05) is 39.7 Å². The third-order valence-corrected chi connectivity index (χ3v) is 6.24. The van der Waals surface area contributed by atoms with E-state index in [9.17, 15) is 5.26 Å². The predicted molar refractivity (Wildman–Crippen MR) is 92.3 cm³/mol. The Kier molecular flexibility index (Phi) is 3.44. The van der Waals surface area contributed by atoms with Crippen molar-refractivity contribution in [1.82, 2.24) is 0 Å². The van der Waals surface area contributed by atoms with Crippen LogP contribution < -0.4 is 0 Å². The fourth-order valence-electron chi connectivity index (χ4n) is 4.87. The highest BCUT2D eigenvalue weighted by molar-refractivity contribution is 6.03. The van der Waals surface area contributed by atoms with Gasteiger partial charge in [0, 0.05) is 11.5 Å². The highest BCUT2D eigenvalue weighted by atomic mass is 17.1. The van der Waals surface area contributed by atoms with Gasteiger partial charge in [0.2, 0.25) is 0 Å². The fraction of sp³-hybridized carbons (Fsp3) is 0.650. The van der Waals surface area contributed by atoms with Gasteiger partial charge in [-0.15, -0.1) is 0 Å². The summed E-state index contributed by atoms with van der Waals surface area (Å²) in [4.78, 5) is 10.2. The number of fused-ring (bicyclic) bond motifs is 5. The number of aliphatic imine (C=N–C) groups is 1. The van der Waals surface area contributed by atoms with Gasteiger partial charge < -0.3 is 0 Å². The molecule has 1 aromatic rings. The molecule has 0 spiro atoms. The molecule has 3 aliphatic rings. The van der Waals surface area contributed by atoms with Crippen molar-refractivity contribution in [1.29, 1.82) is 0 Å². The maximum absolute atomic E-state index is 9.90. The second-order valence-corrected chi connectivity index (χ2v) is 8.59. The Morgan fingerprint density at radius 2 is 1.96 bits per heavy atom. The molecule has 1 aromatic carbocycles. The van der Waals surface area contributed by atoms with E-state index < -0.39 is 5.60 Å². The van der Waals surface area contributed by atoms with E-state index in [4.69, 9.17) is 9.88 Å². The minimum Gasteiger partial charge on any atom is -0.254 e. The molecule has 3 atom stereocenters. The minimum absolute atomic E-state index is 0.0798. The first-order chi connectivity index (χ1) is 11.0. The van der Waals surface area contributed by atoms with Crippen molar-refractivity contribution in [2.75, 3.05) is 0 Å². The van der Waals surface area contributed by atoms with Crippen LogP contribution in [-0.4, -0.2) is 11.0 Å². The summed E-state index contributed by atoms with van der Waals surface area (Å²) in [5.41, 5.74) is 3.83. The molecule has 0 aromatic heterocycles. The largest absolute Gasteiger partial charge is 0.254 e. The zero-order valence-corrected chi connectivity index (χ0v) is 14.4. The van der Waals surface area contributed by atoms with Crippen LogP contribution in [0.2, 0.25) is 0 Å². The van der Waals surface area contributed by atoms with Gasteiger partial charge in [0.05, 0.1) is 11.4 Å². The first-order valence-electron chi connectivity index (χ1n) is 9.02. The molecular formula is C20H27NO2. The number of benzene rings is 1. The zero-order valence-electron chi connectivity index (χ0n) is 14.4. The summed E-state index contributed by atoms with van der Waals surface area (Å²) in [6.07, 6.45) is 7.07. The van der Waals surface area contributed by atoms with E-state index in [1.165, 1.54) is 31.2 Å². The molecule has 2 saturated carbocycles. The van der Waals surface area contributed by atoms with E-state index in [-0.39, 0.29) is 5.41 Å². The third-order valence-electron chi connectivity index (χ3n) is 6.24. The summed E-state index contributed by atoms with van der Waals surface area (Å²) in [5.74, 6) is 1.21. The second-order valence-electron chi connectivity index (χ2n) is 8.59. The van der Waals surface area contributed by atoms with Crippen molar-refractivity contribution < 1.29 is 10.1 Å². The smallest absolute Gasteiger partial charge is 0.168 e. The molecule has 1 heterocycles. The fourth-order valence-corrected chi connectivity index (χ4v) is 4.87. The summed E-state index contributed by atoms with van der Waals surface area (Å²) >= 11 is 0. The molecule has 3 nitrogen and oxygen atoms in total. The van der Waals surface area contributed by atoms with Crippen molar-refractivity contribution >= 4 is 11.4 Å². The monoisotopic (exact) mass is 313 g/mol. The van der Waals surface area contributed by atoms with E-state index in [1.807, 2.05) is 0 Å². The molecule has 1 aliphatic heterocycles. The Labute approximate surface area is 138 Å². The molecular weight excluding hydrogens is 286 g/mol. The lowest BCUT2D eigenvalue weighted by Crippen LogP contribution is -2.47. The van der Waals surface area contributed by atoms with Crippen molar-refractivity contribution in [3.8, 4) is 0 Å². The van der Waals surface area contributed by atoms with Crippen LogP contribution in [0.5, 0.6) is 0 Å². The van der Waals surface area contributed by atoms with Gasteiger partial charge in [0.25, 0.3) is 0 Å². The molecule has 3 heteroatoms. The molecule has 0 bridgehead atoms. The summed E-state index contributed by atoms with van der Waals surface area (Å²) in [7, 11) is 0. The summed E-state index contributed by atoms with van der Waals surface area (Å²) in [5, 5.41) is 9.90. The Morgan fingerprint density at radius 3 is 2.70 bits per heavy atom. The van der Waals surface area contributed by atoms with E-state index in [1.54, 1.807) is 0 Å². The Hall–Kier alpha value is -1.19. The molecule has 2 aliphatic carbocycles. The molecule has 23 heavy (non-hydrogen) atoms. The van der Waals surface area contributed by atoms with Gasteiger partial charge >= 0.3 is 0 Å². The standard InChI is InChI=1S/C20H27NO2/c1-19(2,3)14-8-9-17-16(12-14)20(23-22)11-10-13-6-4-5-7-15(13)18(20)21-17/h8-9,12-13,15,22H,4-7,10-11H2,1-3H3/t13-,15+,20?/m1/s1. The Bertz CT molecular complexity index is 658. The van der Waals surface area contributed by atoms with Gasteiger partial charge in [-0.3, -0.25) is 10.2 Å².